The van der Waals surface area contributed by atoms with Crippen LogP contribution in [0.3, 0.4) is 0 Å². The van der Waals surface area contributed by atoms with Gasteiger partial charge >= 0.3 is 0 Å². The van der Waals surface area contributed by atoms with Gasteiger partial charge in [-0.2, -0.15) is 0 Å². The molecule has 7 atom stereocenters. The summed E-state index contributed by atoms with van der Waals surface area (Å²) in [6.07, 6.45) is 77.2. The molecule has 1 rings (SSSR count). The smallest absolute Gasteiger partial charge is 0.220 e. The molecule has 0 radical (unpaired) electrons. The van der Waals surface area contributed by atoms with E-state index in [0.29, 0.717) is 6.42 Å². The summed E-state index contributed by atoms with van der Waals surface area (Å²) in [7, 11) is 0. The molecule has 0 saturated carbocycles. The number of rotatable bonds is 59. The van der Waals surface area contributed by atoms with Gasteiger partial charge in [-0.1, -0.05) is 299 Å². The number of carbonyl (C=O) groups is 1. The Balaban J connectivity index is 2.11. The molecule has 0 bridgehead atoms. The first-order valence-electron chi connectivity index (χ1n) is 34.2. The number of nitrogens with one attached hydrogen (secondary N) is 1. The van der Waals surface area contributed by atoms with E-state index in [1.165, 1.54) is 238 Å². The van der Waals surface area contributed by atoms with Gasteiger partial charge in [0.15, 0.2) is 6.29 Å². The Kier molecular flexibility index (Phi) is 56.5. The van der Waals surface area contributed by atoms with E-state index in [1.54, 1.807) is 6.08 Å². The first-order valence-corrected chi connectivity index (χ1v) is 34.2. The number of hydrogen-bond donors (Lipinski definition) is 6. The van der Waals surface area contributed by atoms with E-state index < -0.39 is 49.5 Å². The lowest BCUT2D eigenvalue weighted by molar-refractivity contribution is -0.302. The number of ether oxygens (including phenoxy) is 2. The molecule has 9 heteroatoms. The third-order valence-corrected chi connectivity index (χ3v) is 16.0. The van der Waals surface area contributed by atoms with E-state index in [9.17, 15) is 30.3 Å². The minimum atomic E-state index is -1.58. The number of hydrogen-bond acceptors (Lipinski definition) is 8. The van der Waals surface area contributed by atoms with E-state index in [0.717, 1.165) is 57.8 Å². The fourth-order valence-electron chi connectivity index (χ4n) is 10.6. The van der Waals surface area contributed by atoms with Crippen molar-refractivity contribution >= 4 is 5.91 Å². The molecule has 0 aromatic heterocycles. The van der Waals surface area contributed by atoms with Crippen molar-refractivity contribution < 1.29 is 39.8 Å². The van der Waals surface area contributed by atoms with Crippen LogP contribution in [-0.2, 0) is 14.3 Å². The molecule has 6 N–H and O–H groups in total. The molecule has 1 fully saturated rings. The highest BCUT2D eigenvalue weighted by Crippen LogP contribution is 2.23. The zero-order chi connectivity index (χ0) is 57.9. The topological polar surface area (TPSA) is 149 Å². The van der Waals surface area contributed by atoms with Gasteiger partial charge in [-0.05, 0) is 83.5 Å². The highest BCUT2D eigenvalue weighted by atomic mass is 16.7. The first-order chi connectivity index (χ1) is 39.3. The minimum Gasteiger partial charge on any atom is -0.394 e. The molecule has 466 valence electrons. The zero-order valence-corrected chi connectivity index (χ0v) is 52.1. The van der Waals surface area contributed by atoms with E-state index in [4.69, 9.17) is 9.47 Å². The molecular formula is C71H129NO8. The van der Waals surface area contributed by atoms with Gasteiger partial charge in [0.2, 0.25) is 5.91 Å². The predicted molar refractivity (Wildman–Crippen MR) is 341 cm³/mol. The largest absolute Gasteiger partial charge is 0.394 e. The normalized spacial score (nSPS) is 18.9. The minimum absolute atomic E-state index is 0.187. The Labute approximate surface area is 493 Å². The second kappa shape index (κ2) is 59.8. The Morgan fingerprint density at radius 1 is 0.425 bits per heavy atom. The number of aliphatic hydroxyl groups is 5. The van der Waals surface area contributed by atoms with Crippen molar-refractivity contribution in [2.45, 2.75) is 358 Å². The van der Waals surface area contributed by atoms with E-state index >= 15 is 0 Å². The van der Waals surface area contributed by atoms with Crippen LogP contribution in [0.2, 0.25) is 0 Å². The Bertz CT molecular complexity index is 1490. The maximum absolute atomic E-state index is 13.1. The van der Waals surface area contributed by atoms with E-state index in [1.807, 2.05) is 6.08 Å². The van der Waals surface area contributed by atoms with Crippen molar-refractivity contribution in [1.82, 2.24) is 5.32 Å². The maximum atomic E-state index is 13.1. The highest BCUT2D eigenvalue weighted by Gasteiger charge is 2.44. The van der Waals surface area contributed by atoms with Crippen molar-refractivity contribution in [1.29, 1.82) is 0 Å². The van der Waals surface area contributed by atoms with Crippen LogP contribution in [0.5, 0.6) is 0 Å². The first kappa shape index (κ1) is 75.6. The van der Waals surface area contributed by atoms with Crippen LogP contribution in [0.15, 0.2) is 72.9 Å². The molecule has 1 saturated heterocycles. The van der Waals surface area contributed by atoms with Crippen molar-refractivity contribution in [3.05, 3.63) is 72.9 Å². The lowest BCUT2D eigenvalue weighted by atomic mass is 9.99. The van der Waals surface area contributed by atoms with Crippen LogP contribution < -0.4 is 5.32 Å². The van der Waals surface area contributed by atoms with Crippen molar-refractivity contribution in [3.63, 3.8) is 0 Å². The van der Waals surface area contributed by atoms with Gasteiger partial charge in [-0.3, -0.25) is 4.79 Å². The Morgan fingerprint density at radius 2 is 0.750 bits per heavy atom. The maximum Gasteiger partial charge on any atom is 0.220 e. The molecule has 0 spiro atoms. The number of allylic oxidation sites excluding steroid dienone is 11. The van der Waals surface area contributed by atoms with Crippen molar-refractivity contribution in [2.75, 3.05) is 13.2 Å². The second-order valence-corrected chi connectivity index (χ2v) is 23.6. The fourth-order valence-corrected chi connectivity index (χ4v) is 10.6. The third-order valence-electron chi connectivity index (χ3n) is 16.0. The molecule has 7 unspecified atom stereocenters. The summed E-state index contributed by atoms with van der Waals surface area (Å²) in [5.41, 5.74) is 0. The molecular weight excluding hydrogens is 995 g/mol. The lowest BCUT2D eigenvalue weighted by Gasteiger charge is -2.40. The molecule has 1 aliphatic rings. The standard InChI is InChI=1S/C71H129NO8/c1-3-5-7-9-11-13-15-17-19-21-23-25-26-27-28-29-30-31-32-33-34-35-36-37-38-39-40-41-43-45-47-49-51-53-55-57-59-61-67(75)72-64(63-79-71-70(78)69(77)68(76)66(62-73)80-71)65(74)60-58-56-54-52-50-48-46-44-42-24-22-20-18-16-14-12-10-8-6-4-2/h15,17,21,23,26-27,42,44,50,52,58,60,64-66,68-71,73-74,76-78H,3-14,16,18-20,22,24-25,28-41,43,45-49,51,53-57,59,61-63H2,1-2H3,(H,72,75)/b17-15-,23-21-,27-26-,44-42+,52-50+,60-58+. The van der Waals surface area contributed by atoms with Crippen LogP contribution in [0.25, 0.3) is 0 Å². The van der Waals surface area contributed by atoms with Crippen molar-refractivity contribution in [2.24, 2.45) is 0 Å². The van der Waals surface area contributed by atoms with E-state index in [2.05, 4.69) is 79.9 Å². The molecule has 0 aliphatic carbocycles. The molecule has 1 amide bonds. The molecule has 1 heterocycles. The Hall–Kier alpha value is -2.37. The average Bonchev–Trinajstić information content (AvgIpc) is 3.46. The summed E-state index contributed by atoms with van der Waals surface area (Å²) in [6.45, 7) is 3.77. The molecule has 1 aliphatic heterocycles. The monoisotopic (exact) mass is 1120 g/mol. The molecule has 0 aromatic rings. The lowest BCUT2D eigenvalue weighted by Crippen LogP contribution is -2.60. The highest BCUT2D eigenvalue weighted by molar-refractivity contribution is 5.76. The molecule has 0 aromatic carbocycles. The van der Waals surface area contributed by atoms with Gasteiger partial charge < -0.3 is 40.3 Å². The van der Waals surface area contributed by atoms with Gasteiger partial charge in [0.25, 0.3) is 0 Å². The molecule has 80 heavy (non-hydrogen) atoms. The van der Waals surface area contributed by atoms with E-state index in [-0.39, 0.29) is 12.5 Å². The van der Waals surface area contributed by atoms with Crippen LogP contribution in [0.4, 0.5) is 0 Å². The third kappa shape index (κ3) is 48.0. The van der Waals surface area contributed by atoms with Gasteiger partial charge in [0.1, 0.15) is 24.4 Å². The summed E-state index contributed by atoms with van der Waals surface area (Å²) >= 11 is 0. The summed E-state index contributed by atoms with van der Waals surface area (Å²) < 4.78 is 11.3. The van der Waals surface area contributed by atoms with Crippen LogP contribution in [0.1, 0.15) is 316 Å². The second-order valence-electron chi connectivity index (χ2n) is 23.6. The van der Waals surface area contributed by atoms with Gasteiger partial charge in [-0.15, -0.1) is 0 Å². The van der Waals surface area contributed by atoms with Crippen LogP contribution >= 0.6 is 0 Å². The summed E-state index contributed by atoms with van der Waals surface area (Å²) in [4.78, 5) is 13.1. The summed E-state index contributed by atoms with van der Waals surface area (Å²) in [5, 5.41) is 54.6. The predicted octanol–water partition coefficient (Wildman–Crippen LogP) is 18.4. The van der Waals surface area contributed by atoms with Gasteiger partial charge in [0, 0.05) is 6.42 Å². The summed E-state index contributed by atoms with van der Waals surface area (Å²) in [6, 6.07) is -0.830. The fraction of sp³-hybridized carbons (Fsp3) is 0.817. The van der Waals surface area contributed by atoms with Crippen molar-refractivity contribution in [3.8, 4) is 0 Å². The average molecular weight is 1120 g/mol. The number of unbranched alkanes of at least 4 members (excludes halogenated alkanes) is 39. The number of amides is 1. The van der Waals surface area contributed by atoms with Gasteiger partial charge in [-0.25, -0.2) is 0 Å². The number of carbonyl (C=O) groups excluding carboxylic acids is 1. The SMILES string of the molecule is CCCCCCC/C=C\C/C=C\C/C=C\CCCCCCCCCCCCCCCCCCCCCCCCC(=O)NC(COC1OC(CO)C(O)C(O)C1O)C(O)/C=C/CC/C=C/CC/C=C/CCCCCCCCCCCC. The zero-order valence-electron chi connectivity index (χ0n) is 52.1. The quantitative estimate of drug-likeness (QED) is 0.0261. The Morgan fingerprint density at radius 3 is 1.14 bits per heavy atom. The number of aliphatic hydroxyl groups excluding tert-OH is 5. The van der Waals surface area contributed by atoms with Crippen LogP contribution in [0, 0.1) is 0 Å². The molecule has 9 nitrogen and oxygen atoms in total. The van der Waals surface area contributed by atoms with Gasteiger partial charge in [0.05, 0.1) is 25.4 Å². The van der Waals surface area contributed by atoms with Crippen LogP contribution in [-0.4, -0.2) is 87.5 Å². The summed E-state index contributed by atoms with van der Waals surface area (Å²) in [5.74, 6) is -0.187.